The number of aromatic nitrogens is 1. The van der Waals surface area contributed by atoms with Crippen molar-refractivity contribution in [3.8, 4) is 11.1 Å². The number of halogens is 3. The predicted octanol–water partition coefficient (Wildman–Crippen LogP) is 3.56. The molecule has 9 nitrogen and oxygen atoms in total. The summed E-state index contributed by atoms with van der Waals surface area (Å²) >= 11 is 0. The van der Waals surface area contributed by atoms with Crippen LogP contribution in [0.4, 0.5) is 13.2 Å². The van der Waals surface area contributed by atoms with E-state index >= 15 is 0 Å². The topological polar surface area (TPSA) is 137 Å². The number of likely N-dealkylation sites (N-methyl/N-ethyl adjacent to an activating group) is 1. The van der Waals surface area contributed by atoms with Crippen LogP contribution >= 0.6 is 0 Å². The smallest absolute Gasteiger partial charge is 0.416 e. The van der Waals surface area contributed by atoms with Gasteiger partial charge in [0.25, 0.3) is 15.6 Å². The Morgan fingerprint density at radius 1 is 1.07 bits per heavy atom. The molecule has 0 bridgehead atoms. The van der Waals surface area contributed by atoms with Crippen molar-refractivity contribution in [2.75, 3.05) is 20.2 Å². The highest BCUT2D eigenvalue weighted by molar-refractivity contribution is 7.89. The third-order valence-corrected chi connectivity index (χ3v) is 9.28. The van der Waals surface area contributed by atoms with Crippen LogP contribution in [0.15, 0.2) is 76.6 Å². The lowest BCUT2D eigenvalue weighted by Gasteiger charge is -2.34. The maximum Gasteiger partial charge on any atom is 0.416 e. The van der Waals surface area contributed by atoms with Crippen LogP contribution in [0.2, 0.25) is 0 Å². The number of nitrogens with zero attached hydrogens (tertiary/aromatic N) is 2. The summed E-state index contributed by atoms with van der Waals surface area (Å²) in [6, 6.07) is 14.4. The van der Waals surface area contributed by atoms with E-state index in [-0.39, 0.29) is 23.1 Å². The number of rotatable bonds is 6. The Morgan fingerprint density at radius 2 is 1.74 bits per heavy atom. The second-order valence-corrected chi connectivity index (χ2v) is 11.9. The van der Waals surface area contributed by atoms with Crippen LogP contribution in [0.25, 0.3) is 21.9 Å². The van der Waals surface area contributed by atoms with E-state index in [1.54, 1.807) is 30.3 Å². The van der Waals surface area contributed by atoms with Crippen LogP contribution in [0.5, 0.6) is 0 Å². The molecule has 0 saturated heterocycles. The largest absolute Gasteiger partial charge is 0.480 e. The first-order chi connectivity index (χ1) is 19.8. The molecule has 3 N–H and O–H groups in total. The van der Waals surface area contributed by atoms with Crippen molar-refractivity contribution in [3.05, 3.63) is 99.3 Å². The summed E-state index contributed by atoms with van der Waals surface area (Å²) in [4.78, 5) is 26.3. The van der Waals surface area contributed by atoms with E-state index in [2.05, 4.69) is 0 Å². The van der Waals surface area contributed by atoms with Gasteiger partial charge in [-0.25, -0.2) is 13.2 Å². The maximum atomic E-state index is 14.0. The maximum absolute atomic E-state index is 14.0. The number of fused-ring (bicyclic) bond motifs is 2. The van der Waals surface area contributed by atoms with Gasteiger partial charge in [0.05, 0.1) is 17.7 Å². The summed E-state index contributed by atoms with van der Waals surface area (Å²) in [5, 5.41) is 31.5. The molecule has 42 heavy (non-hydrogen) atoms. The molecular formula is C29H25F3N2O7S. The molecule has 220 valence electrons. The fourth-order valence-electron chi connectivity index (χ4n) is 5.44. The molecular weight excluding hydrogens is 577 g/mol. The summed E-state index contributed by atoms with van der Waals surface area (Å²) in [7, 11) is -3.53. The highest BCUT2D eigenvalue weighted by Gasteiger charge is 2.44. The highest BCUT2D eigenvalue weighted by Crippen LogP contribution is 2.41. The lowest BCUT2D eigenvalue weighted by atomic mass is 9.88. The fraction of sp³-hybridized carbons (Fsp3) is 0.241. The molecule has 1 aromatic heterocycles. The number of carbonyl (C=O) groups is 1. The first kappa shape index (κ1) is 29.5. The average molecular weight is 603 g/mol. The Labute approximate surface area is 237 Å². The number of alkyl halides is 3. The summed E-state index contributed by atoms with van der Waals surface area (Å²) in [5.41, 5.74) is -3.03. The molecule has 3 aromatic carbocycles. The van der Waals surface area contributed by atoms with E-state index < -0.39 is 69.2 Å². The van der Waals surface area contributed by atoms with Gasteiger partial charge in [-0.05, 0) is 46.0 Å². The lowest BCUT2D eigenvalue weighted by molar-refractivity contribution is -0.141. The van der Waals surface area contributed by atoms with Crippen molar-refractivity contribution in [1.29, 1.82) is 0 Å². The van der Waals surface area contributed by atoms with Gasteiger partial charge in [0.1, 0.15) is 12.1 Å². The molecule has 0 aliphatic carbocycles. The number of aliphatic carboxylic acids is 1. The highest BCUT2D eigenvalue weighted by atomic mass is 32.2. The molecule has 1 aliphatic rings. The molecule has 2 heterocycles. The Kier molecular flexibility index (Phi) is 7.47. The van der Waals surface area contributed by atoms with Crippen LogP contribution in [0, 0.1) is 0 Å². The van der Waals surface area contributed by atoms with E-state index in [9.17, 15) is 46.5 Å². The first-order valence-corrected chi connectivity index (χ1v) is 14.1. The molecule has 0 saturated carbocycles. The van der Waals surface area contributed by atoms with E-state index in [0.717, 1.165) is 28.9 Å². The van der Waals surface area contributed by atoms with Gasteiger partial charge >= 0.3 is 12.1 Å². The Balaban J connectivity index is 2.00. The van der Waals surface area contributed by atoms with Gasteiger partial charge in [-0.2, -0.15) is 17.5 Å². The predicted molar refractivity (Wildman–Crippen MR) is 146 cm³/mol. The van der Waals surface area contributed by atoms with E-state index in [1.165, 1.54) is 6.07 Å². The number of aliphatic hydroxyl groups is 2. The molecule has 2 unspecified atom stereocenters. The molecule has 1 aliphatic heterocycles. The molecule has 4 aromatic rings. The van der Waals surface area contributed by atoms with Gasteiger partial charge in [-0.3, -0.25) is 9.36 Å². The monoisotopic (exact) mass is 602 g/mol. The molecule has 0 spiro atoms. The van der Waals surface area contributed by atoms with Crippen molar-refractivity contribution in [2.24, 2.45) is 0 Å². The number of carboxylic acid groups (broad SMARTS) is 1. The van der Waals surface area contributed by atoms with Crippen LogP contribution in [-0.4, -0.2) is 58.8 Å². The normalized spacial score (nSPS) is 17.6. The lowest BCUT2D eigenvalue weighted by Crippen LogP contribution is -2.49. The van der Waals surface area contributed by atoms with E-state index in [0.29, 0.717) is 21.6 Å². The van der Waals surface area contributed by atoms with Crippen molar-refractivity contribution < 1.29 is 41.7 Å². The number of pyridine rings is 1. The fourth-order valence-corrected chi connectivity index (χ4v) is 7.03. The van der Waals surface area contributed by atoms with Crippen LogP contribution < -0.4 is 5.56 Å². The zero-order chi connectivity index (χ0) is 30.6. The molecule has 0 amide bonds. The third kappa shape index (κ3) is 4.87. The Morgan fingerprint density at radius 3 is 2.40 bits per heavy atom. The summed E-state index contributed by atoms with van der Waals surface area (Å²) in [6.07, 6.45) is -6.95. The standard InChI is InChI=1S/C29H25F3N2O7S/c1-33-14-22(28(38)39)34-26(37)25(23(36)15-35)21(13-17-8-4-7-16-6-2-3-11-20(16)17)24(27(34)42(33,40)41)18-9-5-10-19(12-18)29(30,31)32/h2-12,22-23,35-36H,13-15H2,1H3,(H,38,39). The van der Waals surface area contributed by atoms with E-state index in [4.69, 9.17) is 0 Å². The summed E-state index contributed by atoms with van der Waals surface area (Å²) < 4.78 is 70.3. The molecule has 13 heteroatoms. The number of hydrogen-bond donors (Lipinski definition) is 3. The van der Waals surface area contributed by atoms with Gasteiger partial charge < -0.3 is 15.3 Å². The van der Waals surface area contributed by atoms with Crippen LogP contribution in [0.1, 0.15) is 34.4 Å². The minimum atomic E-state index is -4.82. The quantitative estimate of drug-likeness (QED) is 0.307. The van der Waals surface area contributed by atoms with Crippen molar-refractivity contribution in [1.82, 2.24) is 8.87 Å². The van der Waals surface area contributed by atoms with Gasteiger partial charge in [-0.15, -0.1) is 0 Å². The average Bonchev–Trinajstić information content (AvgIpc) is 2.94. The van der Waals surface area contributed by atoms with Crippen molar-refractivity contribution in [3.63, 3.8) is 0 Å². The molecule has 0 fully saturated rings. The summed E-state index contributed by atoms with van der Waals surface area (Å²) in [5.74, 6) is -1.57. The molecule has 0 radical (unpaired) electrons. The SMILES string of the molecule is CN1CC(C(=O)O)n2c(c(-c3cccc(C(F)(F)F)c3)c(Cc3cccc4ccccc34)c(C(O)CO)c2=O)S1(=O)=O. The van der Waals surface area contributed by atoms with Crippen molar-refractivity contribution in [2.45, 2.75) is 29.8 Å². The zero-order valence-electron chi connectivity index (χ0n) is 22.0. The Bertz CT molecular complexity index is 1880. The second kappa shape index (κ2) is 10.7. The molecule has 2 atom stereocenters. The third-order valence-electron chi connectivity index (χ3n) is 7.42. The van der Waals surface area contributed by atoms with Crippen molar-refractivity contribution >= 4 is 26.8 Å². The number of benzene rings is 3. The Hall–Kier alpha value is -4.04. The van der Waals surface area contributed by atoms with E-state index in [1.807, 2.05) is 12.1 Å². The minimum absolute atomic E-state index is 0.147. The number of sulfonamides is 1. The summed E-state index contributed by atoms with van der Waals surface area (Å²) in [6.45, 7) is -1.65. The minimum Gasteiger partial charge on any atom is -0.480 e. The van der Waals surface area contributed by atoms with Gasteiger partial charge in [0, 0.05) is 19.2 Å². The zero-order valence-corrected chi connectivity index (χ0v) is 22.9. The van der Waals surface area contributed by atoms with Gasteiger partial charge in [-0.1, -0.05) is 54.6 Å². The van der Waals surface area contributed by atoms with Gasteiger partial charge in [0.2, 0.25) is 0 Å². The number of aliphatic hydroxyl groups excluding tert-OH is 2. The first-order valence-electron chi connectivity index (χ1n) is 12.7. The van der Waals surface area contributed by atoms with Gasteiger partial charge in [0.15, 0.2) is 5.03 Å². The molecule has 5 rings (SSSR count). The number of carboxylic acids is 1. The van der Waals surface area contributed by atoms with Crippen LogP contribution in [-0.2, 0) is 27.4 Å². The number of hydrogen-bond acceptors (Lipinski definition) is 6. The second-order valence-electron chi connectivity index (χ2n) is 9.98. The van der Waals surface area contributed by atoms with Crippen LogP contribution in [0.3, 0.4) is 0 Å².